The highest BCUT2D eigenvalue weighted by molar-refractivity contribution is 5.92. The van der Waals surface area contributed by atoms with Gasteiger partial charge in [-0.1, -0.05) is 66.7 Å². The number of aromatic carboxylic acids is 1. The molecule has 0 spiro atoms. The van der Waals surface area contributed by atoms with Crippen LogP contribution in [0.25, 0.3) is 11.1 Å². The van der Waals surface area contributed by atoms with Crippen molar-refractivity contribution in [1.82, 2.24) is 10.6 Å². The minimum absolute atomic E-state index is 0.0132. The largest absolute Gasteiger partial charge is 0.478 e. The third-order valence-electron chi connectivity index (χ3n) is 6.01. The quantitative estimate of drug-likeness (QED) is 0.421. The molecule has 35 heavy (non-hydrogen) atoms. The second-order valence-corrected chi connectivity index (χ2v) is 8.28. The number of amides is 2. The Morgan fingerprint density at radius 3 is 2.09 bits per heavy atom. The van der Waals surface area contributed by atoms with Gasteiger partial charge < -0.3 is 20.5 Å². The van der Waals surface area contributed by atoms with Gasteiger partial charge in [-0.2, -0.15) is 0 Å². The van der Waals surface area contributed by atoms with Crippen molar-refractivity contribution in [2.24, 2.45) is 0 Å². The van der Waals surface area contributed by atoms with E-state index in [2.05, 4.69) is 34.9 Å². The topological polar surface area (TPSA) is 105 Å². The van der Waals surface area contributed by atoms with Crippen LogP contribution in [-0.4, -0.2) is 36.2 Å². The maximum atomic E-state index is 12.3. The van der Waals surface area contributed by atoms with Crippen LogP contribution >= 0.6 is 0 Å². The predicted octanol–water partition coefficient (Wildman–Crippen LogP) is 4.49. The lowest BCUT2D eigenvalue weighted by Gasteiger charge is -2.14. The first-order valence-corrected chi connectivity index (χ1v) is 11.3. The number of hydrogen-bond donors (Lipinski definition) is 3. The first kappa shape index (κ1) is 23.8. The van der Waals surface area contributed by atoms with Crippen LogP contribution in [0.2, 0.25) is 0 Å². The Balaban J connectivity index is 1.24. The molecule has 7 heteroatoms. The van der Waals surface area contributed by atoms with Crippen LogP contribution < -0.4 is 10.6 Å². The lowest BCUT2D eigenvalue weighted by atomic mass is 9.98. The number of nitrogens with one attached hydrogen (secondary N) is 2. The maximum Gasteiger partial charge on any atom is 0.407 e. The first-order chi connectivity index (χ1) is 16.9. The van der Waals surface area contributed by atoms with Crippen LogP contribution in [0, 0.1) is 0 Å². The highest BCUT2D eigenvalue weighted by Crippen LogP contribution is 2.44. The van der Waals surface area contributed by atoms with Crippen LogP contribution in [0.5, 0.6) is 0 Å². The minimum Gasteiger partial charge on any atom is -0.478 e. The molecule has 0 fully saturated rings. The second kappa shape index (κ2) is 10.7. The first-order valence-electron chi connectivity index (χ1n) is 11.3. The molecule has 1 aliphatic rings. The Bertz CT molecular complexity index is 1240. The standard InChI is InChI=1S/C28H26N2O5/c1-18(26(31)30-16-19-10-12-20(13-11-19)27(32)33)14-15-29-28(34)35-17-25-23-8-4-2-6-21(23)22-7-3-5-9-24(22)25/h2-14,25H,15-17H2,1H3,(H,29,34)(H,30,31)(H,32,33)/b18-14+. The number of carbonyl (C=O) groups excluding carboxylic acids is 2. The van der Waals surface area contributed by atoms with E-state index >= 15 is 0 Å². The summed E-state index contributed by atoms with van der Waals surface area (Å²) in [5, 5.41) is 14.4. The monoisotopic (exact) mass is 470 g/mol. The fourth-order valence-corrected chi connectivity index (χ4v) is 4.12. The van der Waals surface area contributed by atoms with Gasteiger partial charge in [0.1, 0.15) is 6.61 Å². The molecule has 3 aromatic rings. The lowest BCUT2D eigenvalue weighted by Crippen LogP contribution is -2.28. The molecule has 0 bridgehead atoms. The van der Waals surface area contributed by atoms with Crippen molar-refractivity contribution in [3.63, 3.8) is 0 Å². The van der Waals surface area contributed by atoms with E-state index in [4.69, 9.17) is 9.84 Å². The molecule has 1 aliphatic carbocycles. The summed E-state index contributed by atoms with van der Waals surface area (Å²) in [6.07, 6.45) is 1.07. The van der Waals surface area contributed by atoms with Crippen molar-refractivity contribution >= 4 is 18.0 Å². The van der Waals surface area contributed by atoms with Gasteiger partial charge in [-0.25, -0.2) is 9.59 Å². The molecule has 3 aromatic carbocycles. The van der Waals surface area contributed by atoms with Crippen LogP contribution in [0.4, 0.5) is 4.79 Å². The second-order valence-electron chi connectivity index (χ2n) is 8.28. The van der Waals surface area contributed by atoms with Crippen LogP contribution in [0.1, 0.15) is 39.9 Å². The fraction of sp³-hybridized carbons (Fsp3) is 0.179. The number of fused-ring (bicyclic) bond motifs is 3. The average molecular weight is 471 g/mol. The number of carboxylic acid groups (broad SMARTS) is 1. The fourth-order valence-electron chi connectivity index (χ4n) is 4.12. The SMILES string of the molecule is C/C(=C\CNC(=O)OCC1c2ccccc2-c2ccccc21)C(=O)NCc1ccc(C(=O)O)cc1. The van der Waals surface area contributed by atoms with E-state index in [9.17, 15) is 14.4 Å². The summed E-state index contributed by atoms with van der Waals surface area (Å²) in [6, 6.07) is 22.6. The molecule has 0 heterocycles. The number of rotatable bonds is 8. The van der Waals surface area contributed by atoms with Crippen molar-refractivity contribution < 1.29 is 24.2 Å². The maximum absolute atomic E-state index is 12.3. The summed E-state index contributed by atoms with van der Waals surface area (Å²) >= 11 is 0. The van der Waals surface area contributed by atoms with Gasteiger partial charge in [-0.05, 0) is 46.9 Å². The van der Waals surface area contributed by atoms with E-state index in [1.54, 1.807) is 25.1 Å². The smallest absolute Gasteiger partial charge is 0.407 e. The normalized spacial score (nSPS) is 12.4. The number of ether oxygens (including phenoxy) is 1. The predicted molar refractivity (Wildman–Crippen MR) is 132 cm³/mol. The summed E-state index contributed by atoms with van der Waals surface area (Å²) in [7, 11) is 0. The van der Waals surface area contributed by atoms with E-state index in [0.717, 1.165) is 16.7 Å². The Kier molecular flexibility index (Phi) is 7.26. The van der Waals surface area contributed by atoms with Gasteiger partial charge in [0.2, 0.25) is 5.91 Å². The molecule has 0 radical (unpaired) electrons. The molecule has 7 nitrogen and oxygen atoms in total. The highest BCUT2D eigenvalue weighted by atomic mass is 16.5. The van der Waals surface area contributed by atoms with Crippen LogP contribution in [-0.2, 0) is 16.1 Å². The Morgan fingerprint density at radius 1 is 0.886 bits per heavy atom. The van der Waals surface area contributed by atoms with Crippen LogP contribution in [0.3, 0.4) is 0 Å². The van der Waals surface area contributed by atoms with Crippen molar-refractivity contribution in [2.75, 3.05) is 13.2 Å². The molecule has 178 valence electrons. The molecule has 0 aromatic heterocycles. The van der Waals surface area contributed by atoms with Crippen molar-refractivity contribution in [3.8, 4) is 11.1 Å². The molecule has 2 amide bonds. The van der Waals surface area contributed by atoms with E-state index in [0.29, 0.717) is 5.57 Å². The number of carbonyl (C=O) groups is 3. The minimum atomic E-state index is -0.997. The highest BCUT2D eigenvalue weighted by Gasteiger charge is 2.28. The van der Waals surface area contributed by atoms with E-state index in [1.165, 1.54) is 23.3 Å². The molecular weight excluding hydrogens is 444 g/mol. The molecule has 0 atom stereocenters. The van der Waals surface area contributed by atoms with Gasteiger partial charge in [0, 0.05) is 24.6 Å². The Labute approximate surface area is 203 Å². The molecular formula is C28H26N2O5. The van der Waals surface area contributed by atoms with Crippen molar-refractivity contribution in [2.45, 2.75) is 19.4 Å². The molecule has 3 N–H and O–H groups in total. The average Bonchev–Trinajstić information content (AvgIpc) is 3.20. The van der Waals surface area contributed by atoms with Crippen molar-refractivity contribution in [1.29, 1.82) is 0 Å². The van der Waals surface area contributed by atoms with Gasteiger partial charge in [-0.15, -0.1) is 0 Å². The third kappa shape index (κ3) is 5.58. The molecule has 4 rings (SSSR count). The van der Waals surface area contributed by atoms with Crippen LogP contribution in [0.15, 0.2) is 84.4 Å². The summed E-state index contributed by atoms with van der Waals surface area (Å²) in [6.45, 7) is 2.30. The van der Waals surface area contributed by atoms with Gasteiger partial charge in [0.15, 0.2) is 0 Å². The van der Waals surface area contributed by atoms with Gasteiger partial charge in [0.05, 0.1) is 5.56 Å². The Hall–Kier alpha value is -4.39. The molecule has 0 aliphatic heterocycles. The van der Waals surface area contributed by atoms with Gasteiger partial charge in [-0.3, -0.25) is 4.79 Å². The van der Waals surface area contributed by atoms with E-state index < -0.39 is 12.1 Å². The summed E-state index contributed by atoms with van der Waals surface area (Å²) in [5.41, 5.74) is 6.05. The number of carboxylic acids is 1. The van der Waals surface area contributed by atoms with E-state index in [1.807, 2.05) is 24.3 Å². The number of benzene rings is 3. The van der Waals surface area contributed by atoms with Gasteiger partial charge >= 0.3 is 12.1 Å². The molecule has 0 saturated heterocycles. The summed E-state index contributed by atoms with van der Waals surface area (Å²) in [5.74, 6) is -1.29. The Morgan fingerprint density at radius 2 is 1.49 bits per heavy atom. The summed E-state index contributed by atoms with van der Waals surface area (Å²) < 4.78 is 5.49. The van der Waals surface area contributed by atoms with Crippen molar-refractivity contribution in [3.05, 3.63) is 107 Å². The lowest BCUT2D eigenvalue weighted by molar-refractivity contribution is -0.117. The van der Waals surface area contributed by atoms with E-state index in [-0.39, 0.29) is 37.1 Å². The number of alkyl carbamates (subject to hydrolysis) is 1. The summed E-state index contributed by atoms with van der Waals surface area (Å²) in [4.78, 5) is 35.4. The van der Waals surface area contributed by atoms with Gasteiger partial charge in [0.25, 0.3) is 0 Å². The zero-order valence-corrected chi connectivity index (χ0v) is 19.3. The zero-order chi connectivity index (χ0) is 24.8. The molecule has 0 unspecified atom stereocenters. The number of hydrogen-bond acceptors (Lipinski definition) is 4. The third-order valence-corrected chi connectivity index (χ3v) is 6.01. The zero-order valence-electron chi connectivity index (χ0n) is 19.3. The molecule has 0 saturated carbocycles.